The van der Waals surface area contributed by atoms with E-state index in [1.807, 2.05) is 30.3 Å². The molecule has 0 aliphatic rings. The van der Waals surface area contributed by atoms with Crippen LogP contribution in [0.3, 0.4) is 0 Å². The van der Waals surface area contributed by atoms with E-state index >= 15 is 0 Å². The molecule has 0 aliphatic carbocycles. The quantitative estimate of drug-likeness (QED) is 0.520. The van der Waals surface area contributed by atoms with Crippen molar-refractivity contribution in [1.82, 2.24) is 20.0 Å². The van der Waals surface area contributed by atoms with Crippen LogP contribution in [0.5, 0.6) is 0 Å². The number of aromatic nitrogens is 3. The summed E-state index contributed by atoms with van der Waals surface area (Å²) in [5.74, 6) is 0.386. The molecular formula is C21H17F3N4O2. The highest BCUT2D eigenvalue weighted by Crippen LogP contribution is 2.29. The van der Waals surface area contributed by atoms with Gasteiger partial charge in [-0.05, 0) is 36.4 Å². The average molecular weight is 414 g/mol. The highest BCUT2D eigenvalue weighted by Gasteiger charge is 2.30. The van der Waals surface area contributed by atoms with Crippen molar-refractivity contribution in [2.24, 2.45) is 0 Å². The van der Waals surface area contributed by atoms with E-state index in [1.165, 1.54) is 17.0 Å². The molecular weight excluding hydrogens is 397 g/mol. The van der Waals surface area contributed by atoms with E-state index in [-0.39, 0.29) is 18.0 Å². The van der Waals surface area contributed by atoms with Crippen molar-refractivity contribution in [1.29, 1.82) is 0 Å². The van der Waals surface area contributed by atoms with Crippen LogP contribution in [0.25, 0.3) is 22.5 Å². The van der Waals surface area contributed by atoms with Gasteiger partial charge in [-0.25, -0.2) is 0 Å². The zero-order valence-corrected chi connectivity index (χ0v) is 15.9. The summed E-state index contributed by atoms with van der Waals surface area (Å²) >= 11 is 0. The average Bonchev–Trinajstić information content (AvgIpc) is 3.37. The lowest BCUT2D eigenvalue weighted by atomic mass is 10.1. The number of H-pyrrole nitrogens is 1. The number of fused-ring (bicyclic) bond motifs is 1. The minimum absolute atomic E-state index is 0.178. The van der Waals surface area contributed by atoms with Crippen LogP contribution in [0.4, 0.5) is 13.2 Å². The SMILES string of the molecule is CN(CCc1noc(-c2cc3ccccc3[nH]2)n1)C(=O)c1ccc(C(F)(F)F)cc1. The molecule has 0 bridgehead atoms. The van der Waals surface area contributed by atoms with Crippen molar-refractivity contribution in [2.75, 3.05) is 13.6 Å². The van der Waals surface area contributed by atoms with Crippen LogP contribution >= 0.6 is 0 Å². The van der Waals surface area contributed by atoms with Crippen LogP contribution in [0.1, 0.15) is 21.7 Å². The summed E-state index contributed by atoms with van der Waals surface area (Å²) in [6.07, 6.45) is -4.10. The molecule has 2 aromatic carbocycles. The Morgan fingerprint density at radius 2 is 1.87 bits per heavy atom. The molecule has 154 valence electrons. The van der Waals surface area contributed by atoms with Crippen LogP contribution < -0.4 is 0 Å². The van der Waals surface area contributed by atoms with Gasteiger partial charge in [-0.2, -0.15) is 18.2 Å². The number of benzene rings is 2. The maximum Gasteiger partial charge on any atom is 0.416 e. The van der Waals surface area contributed by atoms with E-state index in [2.05, 4.69) is 15.1 Å². The molecule has 1 N–H and O–H groups in total. The van der Waals surface area contributed by atoms with Crippen molar-refractivity contribution < 1.29 is 22.5 Å². The van der Waals surface area contributed by atoms with E-state index in [9.17, 15) is 18.0 Å². The fraction of sp³-hybridized carbons (Fsp3) is 0.190. The number of halogens is 3. The summed E-state index contributed by atoms with van der Waals surface area (Å²) in [6.45, 7) is 0.283. The van der Waals surface area contributed by atoms with Crippen LogP contribution in [-0.4, -0.2) is 39.5 Å². The maximum absolute atomic E-state index is 12.7. The molecule has 0 saturated heterocycles. The molecule has 6 nitrogen and oxygen atoms in total. The highest BCUT2D eigenvalue weighted by molar-refractivity contribution is 5.94. The maximum atomic E-state index is 12.7. The highest BCUT2D eigenvalue weighted by atomic mass is 19.4. The van der Waals surface area contributed by atoms with E-state index in [1.54, 1.807) is 7.05 Å². The number of para-hydroxylation sites is 1. The Bertz CT molecular complexity index is 1150. The van der Waals surface area contributed by atoms with Crippen LogP contribution in [0, 0.1) is 0 Å². The predicted molar refractivity (Wildman–Crippen MR) is 104 cm³/mol. The predicted octanol–water partition coefficient (Wildman–Crippen LogP) is 4.55. The van der Waals surface area contributed by atoms with Gasteiger partial charge in [-0.1, -0.05) is 23.4 Å². The van der Waals surface area contributed by atoms with Gasteiger partial charge in [-0.15, -0.1) is 0 Å². The van der Waals surface area contributed by atoms with Gasteiger partial charge in [0.05, 0.1) is 5.56 Å². The fourth-order valence-electron chi connectivity index (χ4n) is 3.04. The Balaban J connectivity index is 1.39. The summed E-state index contributed by atoms with van der Waals surface area (Å²) in [7, 11) is 1.57. The first-order valence-corrected chi connectivity index (χ1v) is 9.15. The molecule has 0 fully saturated rings. The molecule has 4 rings (SSSR count). The number of nitrogens with zero attached hydrogens (tertiary/aromatic N) is 3. The Labute approximate surface area is 169 Å². The number of nitrogens with one attached hydrogen (secondary N) is 1. The number of carbonyl (C=O) groups excluding carboxylic acids is 1. The second kappa shape index (κ2) is 7.66. The number of aromatic amines is 1. The second-order valence-electron chi connectivity index (χ2n) is 6.84. The number of carbonyl (C=O) groups is 1. The monoisotopic (exact) mass is 414 g/mol. The topological polar surface area (TPSA) is 75.0 Å². The number of hydrogen-bond donors (Lipinski definition) is 1. The molecule has 2 heterocycles. The third-order valence-electron chi connectivity index (χ3n) is 4.71. The molecule has 0 saturated carbocycles. The summed E-state index contributed by atoms with van der Waals surface area (Å²) < 4.78 is 43.3. The number of hydrogen-bond acceptors (Lipinski definition) is 4. The van der Waals surface area contributed by atoms with Gasteiger partial charge in [0, 0.05) is 36.5 Å². The van der Waals surface area contributed by atoms with Gasteiger partial charge in [-0.3, -0.25) is 4.79 Å². The van der Waals surface area contributed by atoms with Crippen LogP contribution in [0.15, 0.2) is 59.1 Å². The molecule has 0 spiro atoms. The zero-order valence-electron chi connectivity index (χ0n) is 15.9. The lowest BCUT2D eigenvalue weighted by Crippen LogP contribution is -2.29. The second-order valence-corrected chi connectivity index (χ2v) is 6.84. The lowest BCUT2D eigenvalue weighted by molar-refractivity contribution is -0.137. The van der Waals surface area contributed by atoms with Gasteiger partial charge in [0.2, 0.25) is 0 Å². The van der Waals surface area contributed by atoms with Crippen LogP contribution in [-0.2, 0) is 12.6 Å². The van der Waals surface area contributed by atoms with Gasteiger partial charge in [0.1, 0.15) is 5.69 Å². The molecule has 9 heteroatoms. The first kappa shape index (κ1) is 19.7. The first-order valence-electron chi connectivity index (χ1n) is 9.15. The standard InChI is InChI=1S/C21H17F3N4O2/c1-28(20(29)13-6-8-15(9-7-13)21(22,23)24)11-10-18-26-19(30-27-18)17-12-14-4-2-3-5-16(14)25-17/h2-9,12,25H,10-11H2,1H3. The van der Waals surface area contributed by atoms with E-state index in [4.69, 9.17) is 4.52 Å². The van der Waals surface area contributed by atoms with Crippen molar-refractivity contribution >= 4 is 16.8 Å². The van der Waals surface area contributed by atoms with Crippen molar-refractivity contribution in [2.45, 2.75) is 12.6 Å². The number of likely N-dealkylation sites (N-methyl/N-ethyl adjacent to an activating group) is 1. The van der Waals surface area contributed by atoms with Gasteiger partial charge in [0.15, 0.2) is 5.82 Å². The minimum atomic E-state index is -4.44. The summed E-state index contributed by atoms with van der Waals surface area (Å²) in [5.41, 5.74) is 1.04. The number of amides is 1. The molecule has 0 aliphatic heterocycles. The lowest BCUT2D eigenvalue weighted by Gasteiger charge is -2.16. The Morgan fingerprint density at radius 3 is 2.57 bits per heavy atom. The summed E-state index contributed by atoms with van der Waals surface area (Å²) in [5, 5.41) is 4.96. The number of rotatable bonds is 5. The normalized spacial score (nSPS) is 11.7. The number of alkyl halides is 3. The minimum Gasteiger partial charge on any atom is -0.351 e. The molecule has 0 radical (unpaired) electrons. The zero-order chi connectivity index (χ0) is 21.3. The molecule has 2 aromatic heterocycles. The third kappa shape index (κ3) is 4.05. The van der Waals surface area contributed by atoms with Crippen LogP contribution in [0.2, 0.25) is 0 Å². The van der Waals surface area contributed by atoms with Gasteiger partial charge in [0.25, 0.3) is 11.8 Å². The Kier molecular flexibility index (Phi) is 5.03. The third-order valence-corrected chi connectivity index (χ3v) is 4.71. The van der Waals surface area contributed by atoms with Gasteiger partial charge < -0.3 is 14.4 Å². The summed E-state index contributed by atoms with van der Waals surface area (Å²) in [4.78, 5) is 21.4. The van der Waals surface area contributed by atoms with E-state index < -0.39 is 11.7 Å². The first-order chi connectivity index (χ1) is 14.3. The molecule has 1 amide bonds. The largest absolute Gasteiger partial charge is 0.416 e. The van der Waals surface area contributed by atoms with Crippen molar-refractivity contribution in [3.63, 3.8) is 0 Å². The Hall–Kier alpha value is -3.62. The van der Waals surface area contributed by atoms with E-state index in [0.29, 0.717) is 23.8 Å². The molecule has 0 atom stereocenters. The van der Waals surface area contributed by atoms with E-state index in [0.717, 1.165) is 23.0 Å². The Morgan fingerprint density at radius 1 is 1.13 bits per heavy atom. The molecule has 30 heavy (non-hydrogen) atoms. The molecule has 4 aromatic rings. The smallest absolute Gasteiger partial charge is 0.351 e. The summed E-state index contributed by atoms with van der Waals surface area (Å²) in [6, 6.07) is 13.8. The van der Waals surface area contributed by atoms with Crippen molar-refractivity contribution in [3.05, 3.63) is 71.5 Å². The van der Waals surface area contributed by atoms with Gasteiger partial charge >= 0.3 is 6.18 Å². The van der Waals surface area contributed by atoms with Crippen molar-refractivity contribution in [3.8, 4) is 11.6 Å². The molecule has 0 unspecified atom stereocenters. The fourth-order valence-corrected chi connectivity index (χ4v) is 3.04.